The number of esters is 1. The van der Waals surface area contributed by atoms with Gasteiger partial charge in [0, 0.05) is 31.5 Å². The minimum atomic E-state index is -1.85. The summed E-state index contributed by atoms with van der Waals surface area (Å²) in [6.45, 7) is 5.60. The van der Waals surface area contributed by atoms with Gasteiger partial charge in [-0.2, -0.15) is 0 Å². The lowest BCUT2D eigenvalue weighted by Gasteiger charge is -2.60. The van der Waals surface area contributed by atoms with E-state index < -0.39 is 23.8 Å². The van der Waals surface area contributed by atoms with Gasteiger partial charge in [-0.25, -0.2) is 0 Å². The minimum absolute atomic E-state index is 0.0512. The molecule has 59 heavy (non-hydrogen) atoms. The number of nitrogens with one attached hydrogen (secondary N) is 2. The largest absolute Gasteiger partial charge is 0.465 e. The van der Waals surface area contributed by atoms with Crippen molar-refractivity contribution in [2.75, 3.05) is 26.2 Å². The van der Waals surface area contributed by atoms with Crippen LogP contribution in [-0.4, -0.2) is 118 Å². The van der Waals surface area contributed by atoms with Gasteiger partial charge in [0.25, 0.3) is 5.91 Å². The van der Waals surface area contributed by atoms with Crippen LogP contribution in [-0.2, 0) is 28.5 Å². The molecular weight excluding hydrogens is 753 g/mol. The molecule has 14 heteroatoms. The maximum Gasteiger partial charge on any atom is 0.314 e. The average molecular weight is 833 g/mol. The molecule has 14 nitrogen and oxygen atoms in total. The van der Waals surface area contributed by atoms with E-state index in [9.17, 15) is 19.8 Å². The van der Waals surface area contributed by atoms with E-state index in [0.29, 0.717) is 32.0 Å². The molecular formula is C45H80N6O8. The van der Waals surface area contributed by atoms with E-state index in [4.69, 9.17) is 30.4 Å². The van der Waals surface area contributed by atoms with Gasteiger partial charge in [-0.05, 0) is 90.6 Å². The molecule has 2 spiro atoms. The minimum Gasteiger partial charge on any atom is -0.465 e. The molecule has 5 saturated heterocycles. The predicted octanol–water partition coefficient (Wildman–Crippen LogP) is 4.99. The number of hydrogen-bond donors (Lipinski definition) is 6. The van der Waals surface area contributed by atoms with Gasteiger partial charge in [-0.3, -0.25) is 25.1 Å². The van der Waals surface area contributed by atoms with Crippen LogP contribution in [0, 0.1) is 5.92 Å². The van der Waals surface area contributed by atoms with Gasteiger partial charge in [0.2, 0.25) is 5.79 Å². The fourth-order valence-electron chi connectivity index (χ4n) is 11.1. The summed E-state index contributed by atoms with van der Waals surface area (Å²) in [5, 5.41) is 29.4. The molecule has 5 fully saturated rings. The summed E-state index contributed by atoms with van der Waals surface area (Å²) in [4.78, 5) is 30.9. The fourth-order valence-corrected chi connectivity index (χ4v) is 11.1. The number of unbranched alkanes of at least 4 members (excludes halogenated alkanes) is 11. The molecule has 6 aliphatic rings. The highest BCUT2D eigenvalue weighted by atomic mass is 16.7. The Balaban J connectivity index is 0.845. The Hall–Kier alpha value is -1.72. The normalized spacial score (nSPS) is 37.3. The molecule has 0 aliphatic carbocycles. The maximum atomic E-state index is 14.1. The molecule has 0 aromatic carbocycles. The van der Waals surface area contributed by atoms with E-state index in [1.54, 1.807) is 0 Å². The van der Waals surface area contributed by atoms with Crippen molar-refractivity contribution in [3.63, 3.8) is 0 Å². The number of allylic oxidation sites excluding steroid dienone is 1. The van der Waals surface area contributed by atoms with E-state index in [0.717, 1.165) is 103 Å². The van der Waals surface area contributed by atoms with E-state index in [2.05, 4.69) is 41.5 Å². The molecule has 6 aliphatic heterocycles. The number of aliphatic hydroxyl groups is 2. The molecule has 0 aromatic rings. The smallest absolute Gasteiger partial charge is 0.314 e. The number of hydrogen-bond acceptors (Lipinski definition) is 13. The molecule has 0 radical (unpaired) electrons. The van der Waals surface area contributed by atoms with Crippen LogP contribution in [0.15, 0.2) is 12.2 Å². The number of carbonyl (C=O) groups excluding carboxylic acids is 2. The number of aliphatic hydroxyl groups excluding tert-OH is 1. The van der Waals surface area contributed by atoms with Gasteiger partial charge < -0.3 is 45.5 Å². The van der Waals surface area contributed by atoms with Crippen molar-refractivity contribution in [1.82, 2.24) is 20.4 Å². The SMILES string of the molecule is CCC1C=CCCC2(CC3CCC4C(C(=O)OCCCCCCCCCCCCCCC5OC(O)(CCN)C(O)N(CCCN)C5=O)C5(CCCC(C)O5)NC(N2)N34)O1. The summed E-state index contributed by atoms with van der Waals surface area (Å²) in [5.74, 6) is -2.60. The monoisotopic (exact) mass is 833 g/mol. The van der Waals surface area contributed by atoms with Crippen LogP contribution in [0.2, 0.25) is 0 Å². The zero-order valence-corrected chi connectivity index (χ0v) is 36.5. The first-order valence-corrected chi connectivity index (χ1v) is 23.9. The first kappa shape index (κ1) is 46.8. The van der Waals surface area contributed by atoms with Crippen molar-refractivity contribution in [2.45, 2.75) is 228 Å². The lowest BCUT2D eigenvalue weighted by Crippen LogP contribution is -2.81. The number of amides is 1. The average Bonchev–Trinajstić information content (AvgIpc) is 3.52. The van der Waals surface area contributed by atoms with Crippen molar-refractivity contribution in [3.05, 3.63) is 12.2 Å². The van der Waals surface area contributed by atoms with Crippen molar-refractivity contribution < 1.29 is 38.7 Å². The molecule has 0 aromatic heterocycles. The van der Waals surface area contributed by atoms with Crippen LogP contribution in [0.25, 0.3) is 0 Å². The van der Waals surface area contributed by atoms with E-state index >= 15 is 0 Å². The lowest BCUT2D eigenvalue weighted by molar-refractivity contribution is -0.325. The third-order valence-electron chi connectivity index (χ3n) is 14.1. The summed E-state index contributed by atoms with van der Waals surface area (Å²) in [7, 11) is 0. The Morgan fingerprint density at radius 3 is 2.31 bits per heavy atom. The number of carbonyl (C=O) groups is 2. The zero-order chi connectivity index (χ0) is 41.9. The van der Waals surface area contributed by atoms with Crippen molar-refractivity contribution in [2.24, 2.45) is 17.4 Å². The molecule has 0 bridgehead atoms. The summed E-state index contributed by atoms with van der Waals surface area (Å²) >= 11 is 0. The van der Waals surface area contributed by atoms with Crippen LogP contribution < -0.4 is 22.1 Å². The van der Waals surface area contributed by atoms with Crippen LogP contribution in [0.5, 0.6) is 0 Å². The second-order valence-electron chi connectivity index (χ2n) is 18.6. The second kappa shape index (κ2) is 22.1. The Bertz CT molecular complexity index is 1360. The molecule has 338 valence electrons. The predicted molar refractivity (Wildman–Crippen MR) is 226 cm³/mol. The summed E-state index contributed by atoms with van der Waals surface area (Å²) in [5.41, 5.74) is 10.2. The zero-order valence-electron chi connectivity index (χ0n) is 36.5. The molecule has 8 N–H and O–H groups in total. The highest BCUT2D eigenvalue weighted by Gasteiger charge is 2.64. The highest BCUT2D eigenvalue weighted by Crippen LogP contribution is 2.49. The molecule has 11 atom stereocenters. The maximum absolute atomic E-state index is 14.1. The third-order valence-corrected chi connectivity index (χ3v) is 14.1. The van der Waals surface area contributed by atoms with Crippen LogP contribution >= 0.6 is 0 Å². The Morgan fingerprint density at radius 2 is 1.63 bits per heavy atom. The topological polar surface area (TPSA) is 194 Å². The summed E-state index contributed by atoms with van der Waals surface area (Å²) in [6, 6.07) is 0.436. The molecule has 11 unspecified atom stereocenters. The fraction of sp³-hybridized carbons (Fsp3) is 0.911. The number of rotatable bonds is 22. The Morgan fingerprint density at radius 1 is 0.915 bits per heavy atom. The number of nitrogens with two attached hydrogens (primary N) is 2. The van der Waals surface area contributed by atoms with Crippen molar-refractivity contribution >= 4 is 11.9 Å². The van der Waals surface area contributed by atoms with E-state index in [1.165, 1.54) is 37.0 Å². The van der Waals surface area contributed by atoms with Crippen molar-refractivity contribution in [3.8, 4) is 0 Å². The first-order chi connectivity index (χ1) is 28.6. The van der Waals surface area contributed by atoms with Crippen molar-refractivity contribution in [1.29, 1.82) is 0 Å². The summed E-state index contributed by atoms with van der Waals surface area (Å²) in [6.07, 6.45) is 25.4. The van der Waals surface area contributed by atoms with Gasteiger partial charge in [0.1, 0.15) is 29.8 Å². The van der Waals surface area contributed by atoms with Crippen LogP contribution in [0.4, 0.5) is 0 Å². The third kappa shape index (κ3) is 11.5. The molecule has 0 saturated carbocycles. The number of ether oxygens (including phenoxy) is 4. The molecule has 6 rings (SSSR count). The van der Waals surface area contributed by atoms with Gasteiger partial charge in [-0.15, -0.1) is 0 Å². The van der Waals surface area contributed by atoms with E-state index in [-0.39, 0.29) is 67.6 Å². The molecule has 6 heterocycles. The lowest BCUT2D eigenvalue weighted by atomic mass is 9.79. The summed E-state index contributed by atoms with van der Waals surface area (Å²) < 4.78 is 25.5. The van der Waals surface area contributed by atoms with Crippen LogP contribution in [0.1, 0.15) is 168 Å². The highest BCUT2D eigenvalue weighted by molar-refractivity contribution is 5.82. The Labute approximate surface area is 354 Å². The van der Waals surface area contributed by atoms with Gasteiger partial charge in [0.15, 0.2) is 6.23 Å². The number of nitrogens with zero attached hydrogens (tertiary/aromatic N) is 2. The second-order valence-corrected chi connectivity index (χ2v) is 18.6. The number of morpholine rings is 1. The van der Waals surface area contributed by atoms with E-state index in [1.807, 2.05) is 0 Å². The standard InChI is InChI=1S/C45H80N6O8/c1-3-35-21-15-16-25-43(58-35)32-34-23-24-36-38(44(26-18-20-33(2)57-44)49-42(48-43)51(34)36)40(53)56-31-17-13-11-9-7-5-4-6-8-10-12-14-22-37-39(52)50(30-19-28-46)41(54)45(55,59-37)27-29-47/h15,21,33-38,41-42,48-49,54-55H,3-14,16-20,22-32,46-47H2,1-2H3. The van der Waals surface area contributed by atoms with Gasteiger partial charge in [0.05, 0.1) is 18.8 Å². The van der Waals surface area contributed by atoms with Crippen LogP contribution in [0.3, 0.4) is 0 Å². The van der Waals surface area contributed by atoms with Gasteiger partial charge in [-0.1, -0.05) is 89.7 Å². The quantitative estimate of drug-likeness (QED) is 0.0486. The van der Waals surface area contributed by atoms with Gasteiger partial charge >= 0.3 is 5.97 Å². The Kier molecular flexibility index (Phi) is 17.5. The first-order valence-electron chi connectivity index (χ1n) is 23.9. The molecule has 1 amide bonds.